The van der Waals surface area contributed by atoms with Crippen molar-refractivity contribution in [3.63, 3.8) is 0 Å². The van der Waals surface area contributed by atoms with Crippen LogP contribution < -0.4 is 5.32 Å². The molecule has 0 bridgehead atoms. The van der Waals surface area contributed by atoms with Gasteiger partial charge in [0.25, 0.3) is 0 Å². The molecule has 1 aromatic rings. The number of phenols is 1. The van der Waals surface area contributed by atoms with Crippen LogP contribution >= 0.6 is 0 Å². The van der Waals surface area contributed by atoms with Crippen LogP contribution in [0.5, 0.6) is 5.75 Å². The number of rotatable bonds is 4. The van der Waals surface area contributed by atoms with Gasteiger partial charge < -0.3 is 19.7 Å². The van der Waals surface area contributed by atoms with Gasteiger partial charge in [0.15, 0.2) is 0 Å². The maximum atomic E-state index is 11.3. The summed E-state index contributed by atoms with van der Waals surface area (Å²) in [5.41, 5.74) is 1.77. The van der Waals surface area contributed by atoms with Gasteiger partial charge in [0.05, 0.1) is 11.2 Å². The summed E-state index contributed by atoms with van der Waals surface area (Å²) in [6, 6.07) is 5.19. The molecule has 24 heavy (non-hydrogen) atoms. The summed E-state index contributed by atoms with van der Waals surface area (Å²) in [4.78, 5) is 11.3. The number of nitrogens with one attached hydrogen (secondary N) is 1. The number of carbonyl (C=O) groups is 1. The molecule has 0 aliphatic carbocycles. The number of aromatic hydroxyl groups is 1. The van der Waals surface area contributed by atoms with Gasteiger partial charge in [-0.25, -0.2) is 0 Å². The highest BCUT2D eigenvalue weighted by atomic mass is 16.7. The maximum absolute atomic E-state index is 11.3. The van der Waals surface area contributed by atoms with E-state index in [1.807, 2.05) is 46.8 Å². The summed E-state index contributed by atoms with van der Waals surface area (Å²) in [6.07, 6.45) is 1.91. The lowest BCUT2D eigenvalue weighted by Crippen LogP contribution is -2.41. The first-order valence-electron chi connectivity index (χ1n) is 8.12. The van der Waals surface area contributed by atoms with Crippen LogP contribution in [0.3, 0.4) is 0 Å². The van der Waals surface area contributed by atoms with E-state index >= 15 is 0 Å². The molecule has 1 saturated heterocycles. The fraction of sp³-hybridized carbons (Fsp3) is 0.500. The molecule has 1 heterocycles. The van der Waals surface area contributed by atoms with Gasteiger partial charge in [0.1, 0.15) is 5.75 Å². The summed E-state index contributed by atoms with van der Waals surface area (Å²) in [6.45, 7) is 11.7. The Morgan fingerprint density at radius 2 is 1.83 bits per heavy atom. The molecule has 1 aliphatic rings. The third kappa shape index (κ3) is 4.00. The molecule has 0 unspecified atom stereocenters. The highest BCUT2D eigenvalue weighted by Gasteiger charge is 2.52. The number of benzene rings is 1. The number of hydrogen-bond donors (Lipinski definition) is 2. The Balaban J connectivity index is 2.37. The molecule has 0 spiro atoms. The molecule has 5 nitrogen and oxygen atoms in total. The molecule has 0 saturated carbocycles. The van der Waals surface area contributed by atoms with Crippen LogP contribution in [0.1, 0.15) is 45.7 Å². The normalized spacial score (nSPS) is 19.4. The molecule has 0 atom stereocenters. The predicted molar refractivity (Wildman–Crippen MR) is 95.6 cm³/mol. The molecule has 1 fully saturated rings. The van der Waals surface area contributed by atoms with Crippen molar-refractivity contribution in [3.8, 4) is 5.75 Å². The van der Waals surface area contributed by atoms with Crippen molar-refractivity contribution >= 4 is 19.1 Å². The van der Waals surface area contributed by atoms with Crippen molar-refractivity contribution in [1.82, 2.24) is 5.32 Å². The zero-order chi connectivity index (χ0) is 18.1. The summed E-state index contributed by atoms with van der Waals surface area (Å²) >= 11 is 0. The first kappa shape index (κ1) is 18.6. The Hall–Kier alpha value is -1.79. The lowest BCUT2D eigenvalue weighted by Gasteiger charge is -2.32. The molecule has 0 radical (unpaired) electrons. The number of aryl methyl sites for hydroxylation is 1. The van der Waals surface area contributed by atoms with Crippen molar-refractivity contribution in [2.75, 3.05) is 6.54 Å². The van der Waals surface area contributed by atoms with Gasteiger partial charge in [-0.1, -0.05) is 12.1 Å². The first-order chi connectivity index (χ1) is 11.0. The third-order valence-corrected chi connectivity index (χ3v) is 4.70. The molecule has 1 aliphatic heterocycles. The second-order valence-electron chi connectivity index (χ2n) is 7.26. The second kappa shape index (κ2) is 6.61. The minimum absolute atomic E-state index is 0.120. The van der Waals surface area contributed by atoms with Crippen LogP contribution in [0, 0.1) is 6.92 Å². The van der Waals surface area contributed by atoms with Gasteiger partial charge in [0, 0.05) is 13.5 Å². The quantitative estimate of drug-likeness (QED) is 0.833. The Morgan fingerprint density at radius 3 is 2.38 bits per heavy atom. The predicted octanol–water partition coefficient (Wildman–Crippen LogP) is 2.85. The van der Waals surface area contributed by atoms with Crippen molar-refractivity contribution in [2.45, 2.75) is 52.7 Å². The molecule has 6 heteroatoms. The summed E-state index contributed by atoms with van der Waals surface area (Å²) in [5.74, 6) is 0.0738. The Kier molecular flexibility index (Phi) is 5.11. The lowest BCUT2D eigenvalue weighted by molar-refractivity contribution is -0.118. The minimum atomic E-state index is -0.552. The number of hydrogen-bond acceptors (Lipinski definition) is 4. The first-order valence-corrected chi connectivity index (χ1v) is 8.12. The van der Waals surface area contributed by atoms with Crippen molar-refractivity contribution in [1.29, 1.82) is 0 Å². The van der Waals surface area contributed by atoms with Gasteiger partial charge in [-0.15, -0.1) is 0 Å². The fourth-order valence-electron chi connectivity index (χ4n) is 2.41. The number of phenolic OH excluding ortho intramolecular Hbond substituents is 1. The van der Waals surface area contributed by atoms with E-state index in [2.05, 4.69) is 5.32 Å². The maximum Gasteiger partial charge on any atom is 0.492 e. The van der Waals surface area contributed by atoms with E-state index in [1.54, 1.807) is 12.1 Å². The van der Waals surface area contributed by atoms with Crippen LogP contribution in [-0.2, 0) is 14.1 Å². The van der Waals surface area contributed by atoms with Gasteiger partial charge in [-0.2, -0.15) is 0 Å². The lowest BCUT2D eigenvalue weighted by atomic mass is 9.76. The molecular weight excluding hydrogens is 305 g/mol. The number of amides is 1. The highest BCUT2D eigenvalue weighted by molar-refractivity contribution is 6.56. The SMILES string of the molecule is CC(=O)NCC(=Cc1cc(O)ccc1C)B1OC(C)(C)C(C)(C)O1. The largest absolute Gasteiger partial charge is 0.508 e. The van der Waals surface area contributed by atoms with Crippen molar-refractivity contribution in [3.05, 3.63) is 34.8 Å². The molecular formula is C18H26BNO4. The third-order valence-electron chi connectivity index (χ3n) is 4.70. The van der Waals surface area contributed by atoms with Crippen LogP contribution in [0.4, 0.5) is 0 Å². The smallest absolute Gasteiger partial charge is 0.492 e. The standard InChI is InChI=1S/C18H26BNO4/c1-12-7-8-16(22)10-14(12)9-15(11-20-13(2)21)19-23-17(3,4)18(5,6)24-19/h7-10,22H,11H2,1-6H3,(H,20,21). The summed E-state index contributed by atoms with van der Waals surface area (Å²) in [7, 11) is -0.552. The topological polar surface area (TPSA) is 67.8 Å². The van der Waals surface area contributed by atoms with Gasteiger partial charge in [-0.3, -0.25) is 4.79 Å². The molecule has 2 rings (SSSR count). The Labute approximate surface area is 144 Å². The molecule has 1 aromatic carbocycles. The number of carbonyl (C=O) groups excluding carboxylic acids is 1. The van der Waals surface area contributed by atoms with E-state index in [0.717, 1.165) is 16.6 Å². The van der Waals surface area contributed by atoms with Crippen LogP contribution in [0.2, 0.25) is 0 Å². The van der Waals surface area contributed by atoms with Gasteiger partial charge in [0.2, 0.25) is 5.91 Å². The van der Waals surface area contributed by atoms with Crippen molar-refractivity contribution in [2.24, 2.45) is 0 Å². The van der Waals surface area contributed by atoms with Gasteiger partial charge in [-0.05, 0) is 63.4 Å². The summed E-state index contributed by atoms with van der Waals surface area (Å²) < 4.78 is 12.2. The molecule has 1 amide bonds. The van der Waals surface area contributed by atoms with Gasteiger partial charge >= 0.3 is 7.12 Å². The molecule has 130 valence electrons. The van der Waals surface area contributed by atoms with E-state index in [9.17, 15) is 9.90 Å². The molecule has 2 N–H and O–H groups in total. The second-order valence-corrected chi connectivity index (χ2v) is 7.26. The van der Waals surface area contributed by atoms with Crippen molar-refractivity contribution < 1.29 is 19.2 Å². The fourth-order valence-corrected chi connectivity index (χ4v) is 2.41. The average molecular weight is 331 g/mol. The van der Waals surface area contributed by atoms with E-state index in [-0.39, 0.29) is 11.7 Å². The van der Waals surface area contributed by atoms with Crippen LogP contribution in [0.25, 0.3) is 6.08 Å². The average Bonchev–Trinajstić information content (AvgIpc) is 2.66. The van der Waals surface area contributed by atoms with E-state index in [1.165, 1.54) is 6.92 Å². The Bertz CT molecular complexity index is 651. The van der Waals surface area contributed by atoms with Crippen LogP contribution in [0.15, 0.2) is 23.7 Å². The zero-order valence-electron chi connectivity index (χ0n) is 15.3. The monoisotopic (exact) mass is 331 g/mol. The van der Waals surface area contributed by atoms with E-state index in [0.29, 0.717) is 6.54 Å². The minimum Gasteiger partial charge on any atom is -0.508 e. The molecule has 0 aromatic heterocycles. The van der Waals surface area contributed by atoms with E-state index < -0.39 is 18.3 Å². The summed E-state index contributed by atoms with van der Waals surface area (Å²) in [5, 5.41) is 12.5. The zero-order valence-corrected chi connectivity index (χ0v) is 15.3. The Morgan fingerprint density at radius 1 is 1.25 bits per heavy atom. The highest BCUT2D eigenvalue weighted by Crippen LogP contribution is 2.38. The van der Waals surface area contributed by atoms with E-state index in [4.69, 9.17) is 9.31 Å². The van der Waals surface area contributed by atoms with Crippen LogP contribution in [-0.4, -0.2) is 35.9 Å².